The molecule has 2 bridgehead atoms. The minimum atomic E-state index is -0.590. The van der Waals surface area contributed by atoms with Gasteiger partial charge in [-0.1, -0.05) is 20.8 Å². The highest BCUT2D eigenvalue weighted by Gasteiger charge is 2.66. The van der Waals surface area contributed by atoms with Crippen LogP contribution >= 0.6 is 0 Å². The SMILES string of the molecule is CO[C@H]1CC(C)(C)[C@@H]2CC[C@]3(C)C[C@@]12C[C@@H](O)[C@H]3O. The van der Waals surface area contributed by atoms with E-state index in [1.165, 1.54) is 0 Å². The van der Waals surface area contributed by atoms with Crippen LogP contribution in [-0.2, 0) is 4.74 Å². The van der Waals surface area contributed by atoms with E-state index in [2.05, 4.69) is 20.8 Å². The second kappa shape index (κ2) is 3.96. The average molecular weight is 268 g/mol. The van der Waals surface area contributed by atoms with Crippen molar-refractivity contribution in [2.24, 2.45) is 22.2 Å². The zero-order valence-electron chi connectivity index (χ0n) is 12.6. The van der Waals surface area contributed by atoms with E-state index in [-0.39, 0.29) is 22.3 Å². The van der Waals surface area contributed by atoms with E-state index >= 15 is 0 Å². The molecule has 3 fully saturated rings. The van der Waals surface area contributed by atoms with E-state index in [0.717, 1.165) is 25.7 Å². The maximum Gasteiger partial charge on any atom is 0.0852 e. The summed E-state index contributed by atoms with van der Waals surface area (Å²) in [7, 11) is 1.81. The molecule has 19 heavy (non-hydrogen) atoms. The quantitative estimate of drug-likeness (QED) is 0.767. The van der Waals surface area contributed by atoms with Crippen LogP contribution in [0.15, 0.2) is 0 Å². The topological polar surface area (TPSA) is 49.7 Å². The van der Waals surface area contributed by atoms with E-state index in [1.54, 1.807) is 7.11 Å². The lowest BCUT2D eigenvalue weighted by atomic mass is 9.48. The van der Waals surface area contributed by atoms with E-state index in [4.69, 9.17) is 4.74 Å². The van der Waals surface area contributed by atoms with Gasteiger partial charge in [-0.2, -0.15) is 0 Å². The molecule has 0 amide bonds. The monoisotopic (exact) mass is 268 g/mol. The van der Waals surface area contributed by atoms with Crippen molar-refractivity contribution in [1.29, 1.82) is 0 Å². The number of fused-ring (bicyclic) bond motifs is 1. The summed E-state index contributed by atoms with van der Waals surface area (Å²) in [5.41, 5.74) is 0.222. The lowest BCUT2D eigenvalue weighted by Gasteiger charge is -2.59. The summed E-state index contributed by atoms with van der Waals surface area (Å²) in [4.78, 5) is 0. The van der Waals surface area contributed by atoms with Gasteiger partial charge in [0.15, 0.2) is 0 Å². The van der Waals surface area contributed by atoms with Crippen molar-refractivity contribution in [1.82, 2.24) is 0 Å². The number of hydrogen-bond donors (Lipinski definition) is 2. The van der Waals surface area contributed by atoms with Crippen LogP contribution in [0.25, 0.3) is 0 Å². The summed E-state index contributed by atoms with van der Waals surface area (Å²) in [6.07, 6.45) is 4.04. The normalized spacial score (nSPS) is 55.9. The molecule has 3 aliphatic rings. The summed E-state index contributed by atoms with van der Waals surface area (Å²) in [6, 6.07) is 0. The smallest absolute Gasteiger partial charge is 0.0852 e. The zero-order chi connectivity index (χ0) is 14.1. The number of methoxy groups -OCH3 is 1. The molecule has 3 rings (SSSR count). The van der Waals surface area contributed by atoms with Crippen molar-refractivity contribution < 1.29 is 14.9 Å². The molecule has 2 N–H and O–H groups in total. The first-order valence-corrected chi connectivity index (χ1v) is 7.64. The molecule has 0 aromatic carbocycles. The Labute approximate surface area is 116 Å². The van der Waals surface area contributed by atoms with Gasteiger partial charge in [0.1, 0.15) is 0 Å². The van der Waals surface area contributed by atoms with Crippen molar-refractivity contribution in [3.8, 4) is 0 Å². The van der Waals surface area contributed by atoms with Crippen molar-refractivity contribution >= 4 is 0 Å². The molecule has 0 aliphatic heterocycles. The van der Waals surface area contributed by atoms with Crippen LogP contribution in [0.5, 0.6) is 0 Å². The Bertz CT molecular complexity index is 380. The Morgan fingerprint density at radius 1 is 1.11 bits per heavy atom. The highest BCUT2D eigenvalue weighted by molar-refractivity contribution is 5.16. The average Bonchev–Trinajstić information content (AvgIpc) is 2.53. The third kappa shape index (κ3) is 1.68. The summed E-state index contributed by atoms with van der Waals surface area (Å²) < 4.78 is 5.83. The Hall–Kier alpha value is -0.120. The fraction of sp³-hybridized carbons (Fsp3) is 1.00. The Morgan fingerprint density at radius 2 is 1.79 bits per heavy atom. The molecule has 0 radical (unpaired) electrons. The molecule has 0 saturated heterocycles. The zero-order valence-corrected chi connectivity index (χ0v) is 12.6. The molecule has 0 aromatic heterocycles. The fourth-order valence-electron chi connectivity index (χ4n) is 5.94. The maximum absolute atomic E-state index is 10.4. The van der Waals surface area contributed by atoms with Crippen molar-refractivity contribution in [2.75, 3.05) is 7.11 Å². The second-order valence-corrected chi connectivity index (χ2v) is 8.29. The van der Waals surface area contributed by atoms with E-state index in [9.17, 15) is 10.2 Å². The molecular formula is C16H28O3. The first-order valence-electron chi connectivity index (χ1n) is 7.64. The van der Waals surface area contributed by atoms with Gasteiger partial charge in [-0.05, 0) is 48.9 Å². The third-order valence-corrected chi connectivity index (χ3v) is 6.68. The van der Waals surface area contributed by atoms with Crippen LogP contribution in [0.2, 0.25) is 0 Å². The van der Waals surface area contributed by atoms with Gasteiger partial charge in [-0.25, -0.2) is 0 Å². The summed E-state index contributed by atoms with van der Waals surface area (Å²) in [5, 5.41) is 20.7. The van der Waals surface area contributed by atoms with E-state index < -0.39 is 12.2 Å². The Morgan fingerprint density at radius 3 is 2.42 bits per heavy atom. The number of aliphatic hydroxyl groups excluding tert-OH is 2. The molecule has 3 aliphatic carbocycles. The highest BCUT2D eigenvalue weighted by Crippen LogP contribution is 2.69. The predicted octanol–water partition coefficient (Wildman–Crippen LogP) is 2.35. The molecular weight excluding hydrogens is 240 g/mol. The van der Waals surface area contributed by atoms with Gasteiger partial charge in [0, 0.05) is 12.5 Å². The van der Waals surface area contributed by atoms with E-state index in [1.807, 2.05) is 0 Å². The van der Waals surface area contributed by atoms with Crippen LogP contribution in [0, 0.1) is 22.2 Å². The van der Waals surface area contributed by atoms with Gasteiger partial charge in [0.25, 0.3) is 0 Å². The lowest BCUT2D eigenvalue weighted by Crippen LogP contribution is -2.59. The van der Waals surface area contributed by atoms with Gasteiger partial charge in [-0.15, -0.1) is 0 Å². The molecule has 6 atom stereocenters. The maximum atomic E-state index is 10.4. The van der Waals surface area contributed by atoms with Gasteiger partial charge in [0.2, 0.25) is 0 Å². The predicted molar refractivity (Wildman–Crippen MR) is 73.7 cm³/mol. The van der Waals surface area contributed by atoms with Crippen LogP contribution in [-0.4, -0.2) is 35.6 Å². The number of hydrogen-bond acceptors (Lipinski definition) is 3. The highest BCUT2D eigenvalue weighted by atomic mass is 16.5. The first kappa shape index (κ1) is 13.8. The molecule has 0 heterocycles. The van der Waals surface area contributed by atoms with Crippen LogP contribution in [0.4, 0.5) is 0 Å². The third-order valence-electron chi connectivity index (χ3n) is 6.68. The van der Waals surface area contributed by atoms with Crippen LogP contribution in [0.3, 0.4) is 0 Å². The largest absolute Gasteiger partial charge is 0.390 e. The first-order chi connectivity index (χ1) is 8.75. The second-order valence-electron chi connectivity index (χ2n) is 8.29. The van der Waals surface area contributed by atoms with Gasteiger partial charge in [-0.3, -0.25) is 0 Å². The molecule has 3 heteroatoms. The molecule has 1 spiro atoms. The minimum Gasteiger partial charge on any atom is -0.390 e. The summed E-state index contributed by atoms with van der Waals surface area (Å²) in [5.74, 6) is 0.611. The standard InChI is InChI=1S/C16H28O3/c1-14(2)8-12(19-4)16-7-10(17)13(18)15(3,9-16)6-5-11(14)16/h10-13,17-18H,5-9H2,1-4H3/t10-,11+,12+,13-,15-,16-/m1/s1. The lowest BCUT2D eigenvalue weighted by molar-refractivity contribution is -0.196. The van der Waals surface area contributed by atoms with Gasteiger partial charge in [0.05, 0.1) is 18.3 Å². The molecule has 3 nitrogen and oxygen atoms in total. The van der Waals surface area contributed by atoms with E-state index in [0.29, 0.717) is 12.3 Å². The Balaban J connectivity index is 2.04. The molecule has 0 unspecified atom stereocenters. The van der Waals surface area contributed by atoms with Crippen molar-refractivity contribution in [3.05, 3.63) is 0 Å². The molecule has 0 aromatic rings. The number of aliphatic hydroxyl groups is 2. The fourth-order valence-corrected chi connectivity index (χ4v) is 5.94. The van der Waals surface area contributed by atoms with Crippen LogP contribution in [0.1, 0.15) is 52.9 Å². The number of rotatable bonds is 1. The van der Waals surface area contributed by atoms with Crippen molar-refractivity contribution in [2.45, 2.75) is 71.2 Å². The summed E-state index contributed by atoms with van der Waals surface area (Å²) >= 11 is 0. The molecule has 3 saturated carbocycles. The van der Waals surface area contributed by atoms with Crippen LogP contribution < -0.4 is 0 Å². The summed E-state index contributed by atoms with van der Waals surface area (Å²) in [6.45, 7) is 6.84. The van der Waals surface area contributed by atoms with Gasteiger partial charge >= 0.3 is 0 Å². The number of ether oxygens (including phenoxy) is 1. The minimum absolute atomic E-state index is 0.0733. The van der Waals surface area contributed by atoms with Gasteiger partial charge < -0.3 is 14.9 Å². The van der Waals surface area contributed by atoms with Crippen molar-refractivity contribution in [3.63, 3.8) is 0 Å². The Kier molecular flexibility index (Phi) is 2.88. The molecule has 110 valence electrons.